The van der Waals surface area contributed by atoms with Crippen molar-refractivity contribution >= 4 is 29.7 Å². The predicted octanol–water partition coefficient (Wildman–Crippen LogP) is 3.76. The van der Waals surface area contributed by atoms with E-state index in [0.717, 1.165) is 11.1 Å². The van der Waals surface area contributed by atoms with Gasteiger partial charge in [-0.1, -0.05) is 66.7 Å². The molecule has 0 spiro atoms. The van der Waals surface area contributed by atoms with Crippen molar-refractivity contribution in [2.24, 2.45) is 0 Å². The molecule has 1 heterocycles. The second kappa shape index (κ2) is 10.7. The molecule has 0 saturated heterocycles. The lowest BCUT2D eigenvalue weighted by molar-refractivity contribution is -0.141. The van der Waals surface area contributed by atoms with Crippen LogP contribution in [0, 0.1) is 0 Å². The topological polar surface area (TPSA) is 77.4 Å². The van der Waals surface area contributed by atoms with Gasteiger partial charge in [0.2, 0.25) is 5.91 Å². The quantitative estimate of drug-likeness (QED) is 0.567. The third-order valence-electron chi connectivity index (χ3n) is 4.73. The van der Waals surface area contributed by atoms with E-state index in [1.165, 1.54) is 11.7 Å². The first-order valence-electron chi connectivity index (χ1n) is 9.94. The number of hydrogen-bond donors (Lipinski definition) is 1. The molecule has 0 aliphatic rings. The van der Waals surface area contributed by atoms with Crippen molar-refractivity contribution in [1.82, 2.24) is 4.57 Å². The summed E-state index contributed by atoms with van der Waals surface area (Å²) in [6.07, 6.45) is 4.42. The minimum atomic E-state index is -0.552. The van der Waals surface area contributed by atoms with E-state index in [2.05, 4.69) is 5.32 Å². The number of aromatic nitrogens is 1. The summed E-state index contributed by atoms with van der Waals surface area (Å²) in [5.74, 6) is -0.817. The van der Waals surface area contributed by atoms with Gasteiger partial charge < -0.3 is 10.1 Å². The van der Waals surface area contributed by atoms with Gasteiger partial charge in [0, 0.05) is 12.1 Å². The Morgan fingerprint density at radius 3 is 2.29 bits per heavy atom. The Labute approximate surface area is 180 Å². The molecule has 1 amide bonds. The number of esters is 1. The standard InChI is InChI=1S/C25H24N2O4/c1-31-24(29)18-27-21(14-12-19-8-4-2-5-9-19)15-16-22(25(27)30)26-23(28)17-13-20-10-6-3-7-11-20/h2-12,14-16H,13,17-18H2,1H3,(H,26,28). The number of amides is 1. The molecule has 3 aromatic rings. The normalized spacial score (nSPS) is 10.7. The highest BCUT2D eigenvalue weighted by Gasteiger charge is 2.13. The maximum Gasteiger partial charge on any atom is 0.325 e. The first-order chi connectivity index (χ1) is 15.1. The number of hydrogen-bond acceptors (Lipinski definition) is 4. The minimum absolute atomic E-state index is 0.124. The summed E-state index contributed by atoms with van der Waals surface area (Å²) in [6, 6.07) is 22.5. The monoisotopic (exact) mass is 416 g/mol. The van der Waals surface area contributed by atoms with Crippen LogP contribution >= 0.6 is 0 Å². The van der Waals surface area contributed by atoms with Gasteiger partial charge in [0.05, 0.1) is 7.11 Å². The average molecular weight is 416 g/mol. The molecule has 0 atom stereocenters. The molecule has 0 unspecified atom stereocenters. The Hall–Kier alpha value is -3.93. The molecule has 0 radical (unpaired) electrons. The Morgan fingerprint density at radius 1 is 0.935 bits per heavy atom. The van der Waals surface area contributed by atoms with E-state index in [1.54, 1.807) is 18.2 Å². The van der Waals surface area contributed by atoms with E-state index in [4.69, 9.17) is 4.74 Å². The lowest BCUT2D eigenvalue weighted by Gasteiger charge is -2.12. The smallest absolute Gasteiger partial charge is 0.325 e. The first-order valence-corrected chi connectivity index (χ1v) is 9.94. The number of carbonyl (C=O) groups is 2. The van der Waals surface area contributed by atoms with Gasteiger partial charge in [0.25, 0.3) is 5.56 Å². The van der Waals surface area contributed by atoms with Crippen molar-refractivity contribution in [3.05, 3.63) is 100.0 Å². The fraction of sp³-hybridized carbons (Fsp3) is 0.160. The third-order valence-corrected chi connectivity index (χ3v) is 4.73. The zero-order valence-electron chi connectivity index (χ0n) is 17.3. The lowest BCUT2D eigenvalue weighted by atomic mass is 10.1. The van der Waals surface area contributed by atoms with E-state index in [-0.39, 0.29) is 24.6 Å². The molecule has 0 aliphatic carbocycles. The minimum Gasteiger partial charge on any atom is -0.468 e. The number of aryl methyl sites for hydroxylation is 1. The van der Waals surface area contributed by atoms with Crippen LogP contribution in [0.2, 0.25) is 0 Å². The van der Waals surface area contributed by atoms with Crippen molar-refractivity contribution in [3.8, 4) is 0 Å². The first kappa shape index (κ1) is 21.8. The Morgan fingerprint density at radius 2 is 1.61 bits per heavy atom. The maximum atomic E-state index is 13.0. The van der Waals surface area contributed by atoms with Crippen LogP contribution in [-0.2, 0) is 27.3 Å². The van der Waals surface area contributed by atoms with Crippen LogP contribution in [0.5, 0.6) is 0 Å². The zero-order chi connectivity index (χ0) is 22.1. The highest BCUT2D eigenvalue weighted by Crippen LogP contribution is 2.11. The van der Waals surface area contributed by atoms with Crippen LogP contribution in [0.3, 0.4) is 0 Å². The SMILES string of the molecule is COC(=O)Cn1c(C=Cc2ccccc2)ccc(NC(=O)CCc2ccccc2)c1=O. The van der Waals surface area contributed by atoms with Gasteiger partial charge >= 0.3 is 5.97 Å². The summed E-state index contributed by atoms with van der Waals surface area (Å²) in [5.41, 5.74) is 2.19. The predicted molar refractivity (Wildman–Crippen MR) is 121 cm³/mol. The molecule has 0 bridgehead atoms. The number of pyridine rings is 1. The lowest BCUT2D eigenvalue weighted by Crippen LogP contribution is -2.30. The Bertz CT molecular complexity index is 1120. The summed E-state index contributed by atoms with van der Waals surface area (Å²) in [4.78, 5) is 37.2. The molecule has 31 heavy (non-hydrogen) atoms. The van der Waals surface area contributed by atoms with Crippen molar-refractivity contribution in [1.29, 1.82) is 0 Å². The van der Waals surface area contributed by atoms with Gasteiger partial charge in [-0.3, -0.25) is 19.0 Å². The summed E-state index contributed by atoms with van der Waals surface area (Å²) < 4.78 is 6.02. The van der Waals surface area contributed by atoms with E-state index in [1.807, 2.05) is 66.7 Å². The number of carbonyl (C=O) groups excluding carboxylic acids is 2. The number of methoxy groups -OCH3 is 1. The fourth-order valence-electron chi connectivity index (χ4n) is 3.05. The number of nitrogens with zero attached hydrogens (tertiary/aromatic N) is 1. The van der Waals surface area contributed by atoms with Crippen LogP contribution in [-0.4, -0.2) is 23.6 Å². The number of ether oxygens (including phenoxy) is 1. The molecule has 0 saturated carbocycles. The van der Waals surface area contributed by atoms with Gasteiger partial charge in [-0.05, 0) is 35.8 Å². The van der Waals surface area contributed by atoms with Crippen LogP contribution < -0.4 is 10.9 Å². The van der Waals surface area contributed by atoms with Gasteiger partial charge in [-0.25, -0.2) is 0 Å². The van der Waals surface area contributed by atoms with E-state index < -0.39 is 11.5 Å². The number of rotatable bonds is 8. The molecular weight excluding hydrogens is 392 g/mol. The molecule has 0 aliphatic heterocycles. The molecule has 0 fully saturated rings. The summed E-state index contributed by atoms with van der Waals surface area (Å²) >= 11 is 0. The molecular formula is C25H24N2O4. The molecule has 1 aromatic heterocycles. The number of nitrogens with one attached hydrogen (secondary N) is 1. The van der Waals surface area contributed by atoms with Gasteiger partial charge in [0.15, 0.2) is 0 Å². The van der Waals surface area contributed by atoms with E-state index >= 15 is 0 Å². The van der Waals surface area contributed by atoms with Gasteiger partial charge in [-0.15, -0.1) is 0 Å². The number of anilines is 1. The average Bonchev–Trinajstić information content (AvgIpc) is 2.81. The van der Waals surface area contributed by atoms with Crippen LogP contribution in [0.4, 0.5) is 5.69 Å². The third kappa shape index (κ3) is 6.27. The van der Waals surface area contributed by atoms with E-state index in [0.29, 0.717) is 12.1 Å². The zero-order valence-corrected chi connectivity index (χ0v) is 17.3. The highest BCUT2D eigenvalue weighted by molar-refractivity contribution is 5.90. The van der Waals surface area contributed by atoms with Crippen molar-refractivity contribution in [2.45, 2.75) is 19.4 Å². The molecule has 6 heteroatoms. The van der Waals surface area contributed by atoms with Crippen LogP contribution in [0.1, 0.15) is 23.2 Å². The maximum absolute atomic E-state index is 13.0. The molecule has 6 nitrogen and oxygen atoms in total. The second-order valence-corrected chi connectivity index (χ2v) is 6.92. The summed E-state index contributed by atoms with van der Waals surface area (Å²) in [5, 5.41) is 2.66. The molecule has 1 N–H and O–H groups in total. The summed E-state index contributed by atoms with van der Waals surface area (Å²) in [6.45, 7) is -0.252. The Balaban J connectivity index is 1.80. The largest absolute Gasteiger partial charge is 0.468 e. The molecule has 158 valence electrons. The van der Waals surface area contributed by atoms with Crippen molar-refractivity contribution in [3.63, 3.8) is 0 Å². The van der Waals surface area contributed by atoms with Gasteiger partial charge in [-0.2, -0.15) is 0 Å². The molecule has 3 rings (SSSR count). The van der Waals surface area contributed by atoms with Gasteiger partial charge in [0.1, 0.15) is 12.2 Å². The van der Waals surface area contributed by atoms with Crippen molar-refractivity contribution < 1.29 is 14.3 Å². The van der Waals surface area contributed by atoms with E-state index in [9.17, 15) is 14.4 Å². The fourth-order valence-corrected chi connectivity index (χ4v) is 3.05. The van der Waals surface area contributed by atoms with Crippen LogP contribution in [0.15, 0.2) is 77.6 Å². The summed E-state index contributed by atoms with van der Waals surface area (Å²) in [7, 11) is 1.27. The second-order valence-electron chi connectivity index (χ2n) is 6.92. The van der Waals surface area contributed by atoms with Crippen molar-refractivity contribution in [2.75, 3.05) is 12.4 Å². The number of benzene rings is 2. The van der Waals surface area contributed by atoms with Crippen LogP contribution in [0.25, 0.3) is 12.2 Å². The highest BCUT2D eigenvalue weighted by atomic mass is 16.5. The Kier molecular flexibility index (Phi) is 7.54. The molecule has 2 aromatic carbocycles.